The van der Waals surface area contributed by atoms with Gasteiger partial charge in [-0.25, -0.2) is 0 Å². The number of methoxy groups -OCH3 is 6. The molecule has 11 aliphatic rings. The Morgan fingerprint density at radius 3 is 1.82 bits per heavy atom. The van der Waals surface area contributed by atoms with Gasteiger partial charge >= 0.3 is 0 Å². The van der Waals surface area contributed by atoms with Crippen molar-refractivity contribution in [3.63, 3.8) is 0 Å². The molecule has 0 aromatic heterocycles. The minimum atomic E-state index is -0.522. The van der Waals surface area contributed by atoms with Crippen molar-refractivity contribution in [1.82, 2.24) is 14.7 Å². The third-order valence-electron chi connectivity index (χ3n) is 20.2. The first-order valence-corrected chi connectivity index (χ1v) is 27.7. The lowest BCUT2D eigenvalue weighted by Gasteiger charge is -2.58. The van der Waals surface area contributed by atoms with Gasteiger partial charge in [0.25, 0.3) is 0 Å². The molecule has 398 valence electrons. The van der Waals surface area contributed by atoms with Crippen molar-refractivity contribution >= 4 is 49.2 Å². The molecule has 6 aliphatic carbocycles. The van der Waals surface area contributed by atoms with Crippen molar-refractivity contribution in [3.8, 4) is 34.5 Å². The number of benzene rings is 3. The molecule has 6 bridgehead atoms. The lowest BCUT2D eigenvalue weighted by atomic mass is 9.51. The van der Waals surface area contributed by atoms with Crippen LogP contribution in [0, 0.1) is 17.8 Å². The largest absolute Gasteiger partial charge is 0.504 e. The van der Waals surface area contributed by atoms with Crippen LogP contribution in [0.5, 0.6) is 34.5 Å². The molecule has 17 heteroatoms. The second-order valence-electron chi connectivity index (χ2n) is 22.7. The van der Waals surface area contributed by atoms with Gasteiger partial charge in [0.05, 0.1) is 33.9 Å². The number of piperidine rings is 3. The monoisotopic (exact) mass is 1150 g/mol. The van der Waals surface area contributed by atoms with Gasteiger partial charge in [-0.2, -0.15) is 0 Å². The number of halogens is 2. The number of phenols is 1. The Bertz CT molecular complexity index is 2910. The second-order valence-corrected chi connectivity index (χ2v) is 24.4. The highest BCUT2D eigenvalue weighted by Crippen LogP contribution is 2.66. The molecular formula is C57H69Br2N3O12. The van der Waals surface area contributed by atoms with E-state index < -0.39 is 12.2 Å². The van der Waals surface area contributed by atoms with Crippen molar-refractivity contribution < 1.29 is 58.8 Å². The summed E-state index contributed by atoms with van der Waals surface area (Å²) in [7, 11) is 16.2. The quantitative estimate of drug-likeness (QED) is 0.272. The number of carbonyl (C=O) groups excluding carboxylic acids is 3. The zero-order chi connectivity index (χ0) is 52.1. The molecule has 5 heterocycles. The number of nitrogens with zero attached hydrogens (tertiary/aromatic N) is 3. The molecule has 5 fully saturated rings. The predicted molar refractivity (Wildman–Crippen MR) is 282 cm³/mol. The van der Waals surface area contributed by atoms with E-state index in [2.05, 4.69) is 73.8 Å². The summed E-state index contributed by atoms with van der Waals surface area (Å²) in [6.45, 7) is 2.89. The lowest BCUT2D eigenvalue weighted by Crippen LogP contribution is -2.68. The molecule has 3 saturated heterocycles. The van der Waals surface area contributed by atoms with Gasteiger partial charge in [0.2, 0.25) is 11.6 Å². The summed E-state index contributed by atoms with van der Waals surface area (Å²) in [5, 5.41) is 10.9. The maximum absolute atomic E-state index is 13.1. The Kier molecular flexibility index (Phi) is 12.4. The topological polar surface area (TPSA) is 155 Å². The third kappa shape index (κ3) is 6.74. The predicted octanol–water partition coefficient (Wildman–Crippen LogP) is 6.91. The summed E-state index contributed by atoms with van der Waals surface area (Å²) < 4.78 is 47.7. The number of carbonyl (C=O) groups is 3. The van der Waals surface area contributed by atoms with Crippen molar-refractivity contribution in [1.29, 1.82) is 0 Å². The minimum absolute atomic E-state index is 0. The number of ketones is 3. The van der Waals surface area contributed by atoms with E-state index in [1.165, 1.54) is 22.3 Å². The van der Waals surface area contributed by atoms with Crippen molar-refractivity contribution in [2.24, 2.45) is 17.8 Å². The fourth-order valence-electron chi connectivity index (χ4n) is 16.8. The van der Waals surface area contributed by atoms with Crippen molar-refractivity contribution in [3.05, 3.63) is 78.4 Å². The summed E-state index contributed by atoms with van der Waals surface area (Å²) in [5.74, 6) is 5.19. The molecule has 14 rings (SSSR count). The Balaban J connectivity index is 0.000000120. The van der Waals surface area contributed by atoms with Crippen LogP contribution in [0.25, 0.3) is 0 Å². The average Bonchev–Trinajstić information content (AvgIpc) is 4.04. The van der Waals surface area contributed by atoms with Crippen LogP contribution in [0.2, 0.25) is 0 Å². The first kappa shape index (κ1) is 50.6. The fourth-order valence-corrected chi connectivity index (χ4v) is 17.9. The molecule has 13 atom stereocenters. The smallest absolute Gasteiger partial charge is 0.238 e. The third-order valence-corrected chi connectivity index (χ3v) is 21.6. The highest BCUT2D eigenvalue weighted by Gasteiger charge is 2.69. The summed E-state index contributed by atoms with van der Waals surface area (Å²) >= 11 is 7.47. The van der Waals surface area contributed by atoms with E-state index in [1.54, 1.807) is 42.7 Å². The number of ether oxygens (including phenoxy) is 8. The molecule has 10 unspecified atom stereocenters. The zero-order valence-electron chi connectivity index (χ0n) is 43.7. The van der Waals surface area contributed by atoms with E-state index in [1.807, 2.05) is 24.3 Å². The molecule has 5 aliphatic heterocycles. The number of rotatable bonds is 6. The van der Waals surface area contributed by atoms with Crippen LogP contribution in [0.3, 0.4) is 0 Å². The van der Waals surface area contributed by atoms with E-state index >= 15 is 0 Å². The van der Waals surface area contributed by atoms with Crippen molar-refractivity contribution in [2.75, 3.05) is 83.4 Å². The van der Waals surface area contributed by atoms with E-state index in [0.717, 1.165) is 103 Å². The van der Waals surface area contributed by atoms with Crippen LogP contribution in [0.15, 0.2) is 45.0 Å². The number of phenolic OH excluding ortho intramolecular Hbond substituents is 1. The number of likely N-dealkylation sites (N-methyl/N-ethyl adjacent to an activating group) is 3. The van der Waals surface area contributed by atoms with Crippen molar-refractivity contribution in [2.45, 2.75) is 117 Å². The molecule has 74 heavy (non-hydrogen) atoms. The lowest BCUT2D eigenvalue weighted by molar-refractivity contribution is -0.154. The van der Waals surface area contributed by atoms with Gasteiger partial charge in [0.15, 0.2) is 58.2 Å². The highest BCUT2D eigenvalue weighted by molar-refractivity contribution is 9.10. The fraction of sp³-hybridized carbons (Fsp3) is 0.596. The van der Waals surface area contributed by atoms with Gasteiger partial charge in [-0.3, -0.25) is 14.4 Å². The first-order chi connectivity index (χ1) is 35.6. The Hall–Kier alpha value is -4.23. The SMILES string of the molecule is COC1=CC2C3Cc4c(Br)cc(OC)c5c4[C@]2(CCN3C)C(O5)C1=O.COc1cc(Br)c2c3c1OC1C(=O)C(OC)CC4C(C2)N(C)CC[C@@]314.COc1ccc2c(c1O)[C@@]13CCN(C)C(C2)C1CC(OC)C(=O)C3.[HH]. The number of aromatic hydroxyl groups is 1. The van der Waals surface area contributed by atoms with E-state index in [-0.39, 0.29) is 58.9 Å². The number of likely N-dealkylation sites (tertiary alicyclic amines) is 3. The van der Waals surface area contributed by atoms with Gasteiger partial charge in [0.1, 0.15) is 12.2 Å². The minimum Gasteiger partial charge on any atom is -0.504 e. The molecule has 2 spiro atoms. The molecule has 3 aromatic rings. The average molecular weight is 1150 g/mol. The first-order valence-electron chi connectivity index (χ1n) is 26.1. The molecular weight excluding hydrogens is 1080 g/mol. The number of hydrogen-bond acceptors (Lipinski definition) is 15. The van der Waals surface area contributed by atoms with Gasteiger partial charge in [-0.05, 0) is 145 Å². The van der Waals surface area contributed by atoms with Gasteiger partial charge in [0, 0.05) is 82.6 Å². The van der Waals surface area contributed by atoms with E-state index in [4.69, 9.17) is 37.9 Å². The van der Waals surface area contributed by atoms with Crippen LogP contribution in [0.1, 0.15) is 73.3 Å². The van der Waals surface area contributed by atoms with E-state index in [9.17, 15) is 19.5 Å². The number of fused-ring (bicyclic) bond motifs is 1. The summed E-state index contributed by atoms with van der Waals surface area (Å²) in [5.41, 5.74) is 6.24. The Labute approximate surface area is 451 Å². The molecule has 0 radical (unpaired) electrons. The van der Waals surface area contributed by atoms with Crippen LogP contribution in [-0.2, 0) is 64.1 Å². The number of Topliss-reactive ketones (excluding diaryl/α,β-unsaturated/α-hetero) is 3. The normalized spacial score (nSPS) is 36.2. The van der Waals surface area contributed by atoms with Crippen LogP contribution in [0.4, 0.5) is 0 Å². The molecule has 15 nitrogen and oxygen atoms in total. The molecule has 0 amide bonds. The number of hydrogen-bond donors (Lipinski definition) is 1. The summed E-state index contributed by atoms with van der Waals surface area (Å²) in [6.07, 6.45) is 7.88. The molecule has 3 aromatic carbocycles. The highest BCUT2D eigenvalue weighted by atomic mass is 79.9. The summed E-state index contributed by atoms with van der Waals surface area (Å²) in [6, 6.07) is 8.98. The Morgan fingerprint density at radius 1 is 0.649 bits per heavy atom. The molecule has 1 N–H and O–H groups in total. The van der Waals surface area contributed by atoms with Crippen LogP contribution >= 0.6 is 31.9 Å². The standard InChI is InChI=1S/C19H22BrNO4.C19H20BrNO4.C19H25NO4.H2/c2*1-21-5-4-19-10-7-13(23-2)16(22)18(19)25-17-14(24-3)8-11(20)9(15(17)19)6-12(10)21;1-20-7-6-19-10-14(21)16(24-3)9-12(19)13(20)8-11-4-5-15(23-2)18(22)17(11)19;/h8,10,12-13,18H,4-7H2,1-3H3;7-8,10,12,18H,4-6H2,1-3H3;4-5,12-13,16,22H,6-10H2,1-3H3;1H/t10?,12?,13?,18?,19-;10?,12?,18?,19-;12?,13?,16?,19-;/m111./s1. The second kappa shape index (κ2) is 18.2. The van der Waals surface area contributed by atoms with Gasteiger partial charge in [-0.15, -0.1) is 0 Å². The molecule has 2 saturated carbocycles. The maximum atomic E-state index is 13.1. The van der Waals surface area contributed by atoms with Crippen LogP contribution in [-0.4, -0.2) is 163 Å². The van der Waals surface area contributed by atoms with E-state index in [0.29, 0.717) is 59.4 Å². The maximum Gasteiger partial charge on any atom is 0.238 e. The van der Waals surface area contributed by atoms with Gasteiger partial charge < -0.3 is 57.7 Å². The Morgan fingerprint density at radius 2 is 1.20 bits per heavy atom. The van der Waals surface area contributed by atoms with Gasteiger partial charge in [-0.1, -0.05) is 37.9 Å². The summed E-state index contributed by atoms with van der Waals surface area (Å²) in [4.78, 5) is 46.1. The van der Waals surface area contributed by atoms with Crippen LogP contribution < -0.4 is 23.7 Å². The zero-order valence-corrected chi connectivity index (χ0v) is 46.9.